The number of thiol groups is 1. The molecule has 50 valence electrons. The van der Waals surface area contributed by atoms with Crippen molar-refractivity contribution in [3.63, 3.8) is 0 Å². The highest BCUT2D eigenvalue weighted by atomic mass is 35.7. The molecule has 0 aromatic carbocycles. The van der Waals surface area contributed by atoms with Crippen LogP contribution in [0, 0.1) is 0 Å². The molecule has 0 aliphatic carbocycles. The van der Waals surface area contributed by atoms with Gasteiger partial charge in [-0.1, -0.05) is 0 Å². The number of halogens is 1. The summed E-state index contributed by atoms with van der Waals surface area (Å²) in [7, 11) is 3.72. The number of rotatable bonds is 1. The van der Waals surface area contributed by atoms with Gasteiger partial charge in [0.1, 0.15) is 6.26 Å². The lowest BCUT2D eigenvalue weighted by Gasteiger charge is -1.77. The van der Waals surface area contributed by atoms with Crippen LogP contribution in [0.5, 0.6) is 0 Å². The molecule has 0 N–H and O–H groups in total. The Morgan fingerprint density at radius 2 is 2.44 bits per heavy atom. The fraction of sp³-hybridized carbons (Fsp3) is 0. The van der Waals surface area contributed by atoms with E-state index in [1.165, 1.54) is 12.3 Å². The summed E-state index contributed by atoms with van der Waals surface area (Å²) in [4.78, 5) is 0.446. The van der Waals surface area contributed by atoms with E-state index in [-0.39, 0.29) is 0 Å². The molecular weight excluding hydrogens is 180 g/mol. The van der Waals surface area contributed by atoms with E-state index >= 15 is 0 Å². The maximum Gasteiger partial charge on any atom is 0.158 e. The van der Waals surface area contributed by atoms with Crippen LogP contribution in [0.2, 0.25) is 0 Å². The monoisotopic (exact) mass is 182 g/mol. The highest BCUT2D eigenvalue weighted by molar-refractivity contribution is 8.08. The highest BCUT2D eigenvalue weighted by Gasteiger charge is 2.02. The van der Waals surface area contributed by atoms with Gasteiger partial charge in [0.2, 0.25) is 0 Å². The van der Waals surface area contributed by atoms with Crippen LogP contribution in [0.15, 0.2) is 26.7 Å². The summed E-state index contributed by atoms with van der Waals surface area (Å²) < 4.78 is 15.2. The van der Waals surface area contributed by atoms with E-state index in [9.17, 15) is 4.21 Å². The summed E-state index contributed by atoms with van der Waals surface area (Å²) in [5.41, 5.74) is 0. The molecule has 1 rings (SSSR count). The van der Waals surface area contributed by atoms with Crippen molar-refractivity contribution in [2.24, 2.45) is 0 Å². The van der Waals surface area contributed by atoms with Gasteiger partial charge in [-0.05, 0) is 10.7 Å². The lowest BCUT2D eigenvalue weighted by molar-refractivity contribution is 0.473. The van der Waals surface area contributed by atoms with Crippen LogP contribution in [0.1, 0.15) is 0 Å². The van der Waals surface area contributed by atoms with Crippen molar-refractivity contribution in [1.29, 1.82) is 0 Å². The van der Waals surface area contributed by atoms with Gasteiger partial charge in [0, 0.05) is 6.07 Å². The Morgan fingerprint density at radius 3 is 2.67 bits per heavy atom. The summed E-state index contributed by atoms with van der Waals surface area (Å²) in [5, 5.41) is 0.416. The average molecular weight is 183 g/mol. The van der Waals surface area contributed by atoms with Gasteiger partial charge in [0.15, 0.2) is 15.1 Å². The van der Waals surface area contributed by atoms with Gasteiger partial charge in [0.05, 0.1) is 4.90 Å². The molecule has 1 aromatic heterocycles. The second-order valence-electron chi connectivity index (χ2n) is 1.34. The van der Waals surface area contributed by atoms with Gasteiger partial charge in [-0.15, -0.1) is 12.6 Å². The summed E-state index contributed by atoms with van der Waals surface area (Å²) in [5.74, 6) is 0. The van der Waals surface area contributed by atoms with Crippen molar-refractivity contribution in [3.8, 4) is 0 Å². The molecular formula is C4H3ClO2S2. The Bertz CT molecular complexity index is 232. The maximum atomic E-state index is 10.4. The van der Waals surface area contributed by atoms with Crippen LogP contribution in [0.3, 0.4) is 0 Å². The average Bonchev–Trinajstić information content (AvgIpc) is 2.14. The second-order valence-corrected chi connectivity index (χ2v) is 3.54. The predicted molar refractivity (Wildman–Crippen MR) is 38.2 cm³/mol. The third-order valence-electron chi connectivity index (χ3n) is 0.747. The van der Waals surface area contributed by atoms with Crippen LogP contribution in [0.4, 0.5) is 0 Å². The van der Waals surface area contributed by atoms with Crippen molar-refractivity contribution >= 4 is 33.3 Å². The molecule has 0 saturated carbocycles. The molecule has 2 nitrogen and oxygen atoms in total. The van der Waals surface area contributed by atoms with E-state index in [2.05, 4.69) is 12.6 Å². The van der Waals surface area contributed by atoms with Gasteiger partial charge in [-0.3, -0.25) is 0 Å². The normalized spacial score (nSPS) is 13.6. The third kappa shape index (κ3) is 1.74. The SMILES string of the molecule is O=S(Cl)c1coc(S)c1. The van der Waals surface area contributed by atoms with Crippen molar-refractivity contribution in [1.82, 2.24) is 0 Å². The van der Waals surface area contributed by atoms with Crippen LogP contribution < -0.4 is 0 Å². The highest BCUT2D eigenvalue weighted by Crippen LogP contribution is 2.16. The van der Waals surface area contributed by atoms with Crippen LogP contribution >= 0.6 is 23.3 Å². The number of hydrogen-bond acceptors (Lipinski definition) is 3. The number of furan rings is 1. The topological polar surface area (TPSA) is 30.2 Å². The lowest BCUT2D eigenvalue weighted by atomic mass is 10.7. The largest absolute Gasteiger partial charge is 0.457 e. The van der Waals surface area contributed by atoms with E-state index in [4.69, 9.17) is 15.1 Å². The number of hydrogen-bond donors (Lipinski definition) is 1. The molecule has 0 spiro atoms. The molecule has 1 unspecified atom stereocenters. The zero-order chi connectivity index (χ0) is 6.85. The first-order chi connectivity index (χ1) is 4.20. The maximum absolute atomic E-state index is 10.4. The predicted octanol–water partition coefficient (Wildman–Crippen LogP) is 1.83. The van der Waals surface area contributed by atoms with E-state index in [0.717, 1.165) is 0 Å². The van der Waals surface area contributed by atoms with Gasteiger partial charge in [0.25, 0.3) is 0 Å². The summed E-state index contributed by atoms with van der Waals surface area (Å²) >= 11 is 3.84. The molecule has 0 radical (unpaired) electrons. The first kappa shape index (κ1) is 7.18. The van der Waals surface area contributed by atoms with Crippen LogP contribution in [-0.4, -0.2) is 4.21 Å². The van der Waals surface area contributed by atoms with E-state index < -0.39 is 10.0 Å². The molecule has 0 aliphatic rings. The quantitative estimate of drug-likeness (QED) is 0.531. The first-order valence-corrected chi connectivity index (χ1v) is 4.48. The first-order valence-electron chi connectivity index (χ1n) is 2.05. The Labute approximate surface area is 64.6 Å². The Hall–Kier alpha value is 0.0700. The van der Waals surface area contributed by atoms with Crippen molar-refractivity contribution in [2.75, 3.05) is 0 Å². The van der Waals surface area contributed by atoms with Crippen molar-refractivity contribution in [3.05, 3.63) is 12.3 Å². The summed E-state index contributed by atoms with van der Waals surface area (Å²) in [6, 6.07) is 1.51. The Balaban J connectivity index is 2.98. The smallest absolute Gasteiger partial charge is 0.158 e. The summed E-state index contributed by atoms with van der Waals surface area (Å²) in [6.07, 6.45) is 1.31. The zero-order valence-corrected chi connectivity index (χ0v) is 6.67. The lowest BCUT2D eigenvalue weighted by Crippen LogP contribution is -1.71. The fourth-order valence-electron chi connectivity index (χ4n) is 0.392. The molecule has 0 fully saturated rings. The van der Waals surface area contributed by atoms with Gasteiger partial charge < -0.3 is 4.42 Å². The zero-order valence-electron chi connectivity index (χ0n) is 4.20. The minimum atomic E-state index is -1.48. The molecule has 0 amide bonds. The molecule has 1 aromatic rings. The molecule has 5 heteroatoms. The van der Waals surface area contributed by atoms with Gasteiger partial charge >= 0.3 is 0 Å². The Morgan fingerprint density at radius 1 is 1.78 bits per heavy atom. The van der Waals surface area contributed by atoms with E-state index in [1.54, 1.807) is 0 Å². The summed E-state index contributed by atoms with van der Waals surface area (Å²) in [6.45, 7) is 0. The molecule has 1 atom stereocenters. The molecule has 0 bridgehead atoms. The van der Waals surface area contributed by atoms with Crippen molar-refractivity contribution < 1.29 is 8.63 Å². The van der Waals surface area contributed by atoms with Crippen LogP contribution in [-0.2, 0) is 10.0 Å². The second kappa shape index (κ2) is 2.77. The molecule has 1 heterocycles. The van der Waals surface area contributed by atoms with Gasteiger partial charge in [-0.2, -0.15) is 0 Å². The van der Waals surface area contributed by atoms with Crippen molar-refractivity contribution in [2.45, 2.75) is 9.99 Å². The van der Waals surface area contributed by atoms with E-state index in [1.807, 2.05) is 0 Å². The van der Waals surface area contributed by atoms with Crippen LogP contribution in [0.25, 0.3) is 0 Å². The van der Waals surface area contributed by atoms with E-state index in [0.29, 0.717) is 9.99 Å². The molecule has 0 aliphatic heterocycles. The Kier molecular flexibility index (Phi) is 2.21. The minimum absolute atomic E-state index is 0.416. The standard InChI is InChI=1S/C4H3ClO2S2/c5-9(6)3-1-4(8)7-2-3/h1-2,8H. The third-order valence-corrected chi connectivity index (χ3v) is 2.10. The molecule has 0 saturated heterocycles. The minimum Gasteiger partial charge on any atom is -0.457 e. The fourth-order valence-corrected chi connectivity index (χ4v) is 1.24. The van der Waals surface area contributed by atoms with Gasteiger partial charge in [-0.25, -0.2) is 4.21 Å². The molecule has 9 heavy (non-hydrogen) atoms.